The summed E-state index contributed by atoms with van der Waals surface area (Å²) in [5, 5.41) is 3.24. The summed E-state index contributed by atoms with van der Waals surface area (Å²) in [6.07, 6.45) is 0. The molecule has 1 unspecified atom stereocenters. The molecule has 0 radical (unpaired) electrons. The fraction of sp³-hybridized carbons (Fsp3) is 0.571. The van der Waals surface area contributed by atoms with Gasteiger partial charge in [-0.15, -0.1) is 0 Å². The highest BCUT2D eigenvalue weighted by Gasteiger charge is 2.22. The summed E-state index contributed by atoms with van der Waals surface area (Å²) in [5.74, 6) is 0. The summed E-state index contributed by atoms with van der Waals surface area (Å²) in [7, 11) is 2.00. The van der Waals surface area contributed by atoms with Crippen molar-refractivity contribution in [2.45, 2.75) is 19.5 Å². The number of nitrogens with one attached hydrogen (secondary N) is 1. The van der Waals surface area contributed by atoms with E-state index in [1.807, 2.05) is 7.05 Å². The molecule has 94 valence electrons. The lowest BCUT2D eigenvalue weighted by molar-refractivity contribution is -0.0103. The predicted molar refractivity (Wildman–Crippen MR) is 70.1 cm³/mol. The van der Waals surface area contributed by atoms with Crippen LogP contribution in [0.4, 0.5) is 0 Å². The Labute approximate surface area is 104 Å². The molecule has 0 aromatic heterocycles. The van der Waals surface area contributed by atoms with E-state index < -0.39 is 0 Å². The second-order valence-corrected chi connectivity index (χ2v) is 4.75. The molecule has 1 aliphatic rings. The van der Waals surface area contributed by atoms with Gasteiger partial charge in [0.1, 0.15) is 0 Å². The molecule has 3 heteroatoms. The van der Waals surface area contributed by atoms with Gasteiger partial charge < -0.3 is 10.1 Å². The van der Waals surface area contributed by atoms with E-state index in [0.717, 1.165) is 32.8 Å². The summed E-state index contributed by atoms with van der Waals surface area (Å²) in [4.78, 5) is 2.51. The Balaban J connectivity index is 2.00. The number of hydrogen-bond acceptors (Lipinski definition) is 3. The lowest BCUT2D eigenvalue weighted by Crippen LogP contribution is -2.49. The molecule has 1 heterocycles. The maximum Gasteiger partial charge on any atom is 0.0635 e. The Morgan fingerprint density at radius 2 is 2.35 bits per heavy atom. The monoisotopic (exact) mass is 234 g/mol. The quantitative estimate of drug-likeness (QED) is 0.852. The maximum absolute atomic E-state index is 5.54. The van der Waals surface area contributed by atoms with Gasteiger partial charge in [-0.1, -0.05) is 29.8 Å². The molecule has 1 fully saturated rings. The van der Waals surface area contributed by atoms with Gasteiger partial charge in [-0.3, -0.25) is 4.90 Å². The third kappa shape index (κ3) is 3.53. The SMILES string of the molecule is CNCC1COCCN1Cc1cccc(C)c1. The van der Waals surface area contributed by atoms with Crippen molar-refractivity contribution in [1.82, 2.24) is 10.2 Å². The Kier molecular flexibility index (Phi) is 4.54. The number of ether oxygens (including phenoxy) is 1. The Hall–Kier alpha value is -0.900. The molecule has 2 rings (SSSR count). The molecule has 1 saturated heterocycles. The molecule has 0 aliphatic carbocycles. The molecular formula is C14H22N2O. The van der Waals surface area contributed by atoms with Gasteiger partial charge >= 0.3 is 0 Å². The number of benzene rings is 1. The van der Waals surface area contributed by atoms with E-state index in [-0.39, 0.29) is 0 Å². The number of aryl methyl sites for hydroxylation is 1. The smallest absolute Gasteiger partial charge is 0.0635 e. The first-order valence-corrected chi connectivity index (χ1v) is 6.31. The van der Waals surface area contributed by atoms with E-state index in [1.54, 1.807) is 0 Å². The lowest BCUT2D eigenvalue weighted by Gasteiger charge is -2.35. The second-order valence-electron chi connectivity index (χ2n) is 4.75. The van der Waals surface area contributed by atoms with Gasteiger partial charge in [-0.05, 0) is 19.5 Å². The highest BCUT2D eigenvalue weighted by Crippen LogP contribution is 2.13. The normalized spacial score (nSPS) is 21.6. The zero-order valence-corrected chi connectivity index (χ0v) is 10.8. The van der Waals surface area contributed by atoms with Gasteiger partial charge in [0.05, 0.1) is 13.2 Å². The minimum absolute atomic E-state index is 0.495. The molecule has 1 N–H and O–H groups in total. The molecule has 0 saturated carbocycles. The third-order valence-corrected chi connectivity index (χ3v) is 3.26. The fourth-order valence-corrected chi connectivity index (χ4v) is 2.37. The van der Waals surface area contributed by atoms with Gasteiger partial charge in [0.25, 0.3) is 0 Å². The fourth-order valence-electron chi connectivity index (χ4n) is 2.37. The zero-order chi connectivity index (χ0) is 12.1. The first-order valence-electron chi connectivity index (χ1n) is 6.31. The third-order valence-electron chi connectivity index (χ3n) is 3.26. The standard InChI is InChI=1S/C14H22N2O/c1-12-4-3-5-13(8-12)10-16-6-7-17-11-14(16)9-15-2/h3-5,8,14-15H,6-7,9-11H2,1-2H3. The largest absolute Gasteiger partial charge is 0.378 e. The molecule has 0 spiro atoms. The summed E-state index contributed by atoms with van der Waals surface area (Å²) >= 11 is 0. The number of hydrogen-bond donors (Lipinski definition) is 1. The molecule has 1 aromatic carbocycles. The van der Waals surface area contributed by atoms with Crippen molar-refractivity contribution in [1.29, 1.82) is 0 Å². The van der Waals surface area contributed by atoms with Crippen molar-refractivity contribution in [3.05, 3.63) is 35.4 Å². The highest BCUT2D eigenvalue weighted by molar-refractivity contribution is 5.22. The minimum Gasteiger partial charge on any atom is -0.378 e. The van der Waals surface area contributed by atoms with Crippen LogP contribution in [0.15, 0.2) is 24.3 Å². The first-order chi connectivity index (χ1) is 8.29. The lowest BCUT2D eigenvalue weighted by atomic mass is 10.1. The topological polar surface area (TPSA) is 24.5 Å². The minimum atomic E-state index is 0.495. The Bertz CT molecular complexity index is 352. The van der Waals surface area contributed by atoms with Gasteiger partial charge in [0.2, 0.25) is 0 Å². The molecule has 0 bridgehead atoms. The van der Waals surface area contributed by atoms with Crippen LogP contribution in [0.1, 0.15) is 11.1 Å². The Morgan fingerprint density at radius 3 is 3.12 bits per heavy atom. The molecule has 1 aromatic rings. The van der Waals surface area contributed by atoms with Crippen molar-refractivity contribution in [3.63, 3.8) is 0 Å². The molecule has 3 nitrogen and oxygen atoms in total. The van der Waals surface area contributed by atoms with Crippen LogP contribution >= 0.6 is 0 Å². The van der Waals surface area contributed by atoms with Crippen molar-refractivity contribution < 1.29 is 4.74 Å². The predicted octanol–water partition coefficient (Wildman–Crippen LogP) is 1.42. The van der Waals surface area contributed by atoms with E-state index in [2.05, 4.69) is 41.4 Å². The Morgan fingerprint density at radius 1 is 1.47 bits per heavy atom. The number of morpholine rings is 1. The van der Waals surface area contributed by atoms with E-state index >= 15 is 0 Å². The van der Waals surface area contributed by atoms with Crippen molar-refractivity contribution in [2.24, 2.45) is 0 Å². The molecule has 17 heavy (non-hydrogen) atoms. The first kappa shape index (κ1) is 12.6. The van der Waals surface area contributed by atoms with Crippen LogP contribution < -0.4 is 5.32 Å². The summed E-state index contributed by atoms with van der Waals surface area (Å²) in [5.41, 5.74) is 2.73. The maximum atomic E-state index is 5.54. The van der Waals surface area contributed by atoms with Gasteiger partial charge in [-0.25, -0.2) is 0 Å². The van der Waals surface area contributed by atoms with Crippen LogP contribution in [-0.4, -0.2) is 44.3 Å². The summed E-state index contributed by atoms with van der Waals surface area (Å²) < 4.78 is 5.54. The zero-order valence-electron chi connectivity index (χ0n) is 10.8. The van der Waals surface area contributed by atoms with Crippen molar-refractivity contribution in [3.8, 4) is 0 Å². The average Bonchev–Trinajstić information content (AvgIpc) is 2.32. The molecule has 1 atom stereocenters. The van der Waals surface area contributed by atoms with Crippen LogP contribution in [-0.2, 0) is 11.3 Å². The highest BCUT2D eigenvalue weighted by atomic mass is 16.5. The number of likely N-dealkylation sites (N-methyl/N-ethyl adjacent to an activating group) is 1. The van der Waals surface area contributed by atoms with E-state index in [9.17, 15) is 0 Å². The van der Waals surface area contributed by atoms with Crippen LogP contribution in [0.25, 0.3) is 0 Å². The van der Waals surface area contributed by atoms with Crippen LogP contribution in [0.3, 0.4) is 0 Å². The molecule has 0 amide bonds. The number of rotatable bonds is 4. The average molecular weight is 234 g/mol. The number of nitrogens with zero attached hydrogens (tertiary/aromatic N) is 1. The molecule has 1 aliphatic heterocycles. The van der Waals surface area contributed by atoms with E-state index in [0.29, 0.717) is 6.04 Å². The van der Waals surface area contributed by atoms with Crippen molar-refractivity contribution in [2.75, 3.05) is 33.4 Å². The van der Waals surface area contributed by atoms with E-state index in [4.69, 9.17) is 4.74 Å². The van der Waals surface area contributed by atoms with Crippen LogP contribution in [0, 0.1) is 6.92 Å². The van der Waals surface area contributed by atoms with Crippen molar-refractivity contribution >= 4 is 0 Å². The van der Waals surface area contributed by atoms with Crippen LogP contribution in [0.5, 0.6) is 0 Å². The summed E-state index contributed by atoms with van der Waals surface area (Å²) in [6.45, 7) is 6.88. The van der Waals surface area contributed by atoms with Gasteiger partial charge in [0.15, 0.2) is 0 Å². The molecular weight excluding hydrogens is 212 g/mol. The second kappa shape index (κ2) is 6.15. The van der Waals surface area contributed by atoms with Crippen LogP contribution in [0.2, 0.25) is 0 Å². The van der Waals surface area contributed by atoms with Gasteiger partial charge in [0, 0.05) is 25.7 Å². The summed E-state index contributed by atoms with van der Waals surface area (Å²) in [6, 6.07) is 9.26. The van der Waals surface area contributed by atoms with Gasteiger partial charge in [-0.2, -0.15) is 0 Å². The van der Waals surface area contributed by atoms with E-state index in [1.165, 1.54) is 11.1 Å².